The van der Waals surface area contributed by atoms with Crippen LogP contribution in [0, 0.1) is 11.3 Å². The fourth-order valence-electron chi connectivity index (χ4n) is 3.05. The molecule has 2 N–H and O–H groups in total. The number of ether oxygens (including phenoxy) is 1. The first-order valence-electron chi connectivity index (χ1n) is 7.56. The molecule has 2 aliphatic rings. The van der Waals surface area contributed by atoms with Crippen molar-refractivity contribution in [3.63, 3.8) is 0 Å². The van der Waals surface area contributed by atoms with Gasteiger partial charge in [-0.1, -0.05) is 13.8 Å². The maximum atomic E-state index is 12.8. The Morgan fingerprint density at radius 3 is 2.35 bits per heavy atom. The van der Waals surface area contributed by atoms with Crippen LogP contribution in [0.3, 0.4) is 0 Å². The molecular formula is C15H29ClN2O2. The molecule has 0 bridgehead atoms. The van der Waals surface area contributed by atoms with Crippen LogP contribution in [0.2, 0.25) is 0 Å². The molecule has 0 heterocycles. The predicted octanol–water partition coefficient (Wildman–Crippen LogP) is 2.20. The van der Waals surface area contributed by atoms with Crippen molar-refractivity contribution >= 4 is 18.3 Å². The lowest BCUT2D eigenvalue weighted by Gasteiger charge is -2.58. The van der Waals surface area contributed by atoms with E-state index >= 15 is 0 Å². The summed E-state index contributed by atoms with van der Waals surface area (Å²) < 4.78 is 5.69. The molecule has 0 radical (unpaired) electrons. The van der Waals surface area contributed by atoms with Gasteiger partial charge in [0.2, 0.25) is 5.91 Å². The van der Waals surface area contributed by atoms with Crippen molar-refractivity contribution in [3.8, 4) is 0 Å². The summed E-state index contributed by atoms with van der Waals surface area (Å²) in [6, 6.07) is 0. The van der Waals surface area contributed by atoms with Crippen molar-refractivity contribution in [2.45, 2.75) is 58.6 Å². The van der Waals surface area contributed by atoms with Crippen molar-refractivity contribution in [2.75, 3.05) is 19.7 Å². The van der Waals surface area contributed by atoms with E-state index in [4.69, 9.17) is 10.5 Å². The van der Waals surface area contributed by atoms with Crippen LogP contribution in [0.4, 0.5) is 0 Å². The summed E-state index contributed by atoms with van der Waals surface area (Å²) in [5.41, 5.74) is 5.41. The number of amides is 1. The average molecular weight is 305 g/mol. The Hall–Kier alpha value is -0.320. The van der Waals surface area contributed by atoms with E-state index in [1.165, 1.54) is 12.8 Å². The quantitative estimate of drug-likeness (QED) is 0.818. The topological polar surface area (TPSA) is 55.6 Å². The molecule has 0 aromatic rings. The summed E-state index contributed by atoms with van der Waals surface area (Å²) in [5, 5.41) is 0. The minimum absolute atomic E-state index is 0. The van der Waals surface area contributed by atoms with Gasteiger partial charge in [-0.25, -0.2) is 0 Å². The first kappa shape index (κ1) is 17.7. The Labute approximate surface area is 128 Å². The molecule has 0 aromatic carbocycles. The van der Waals surface area contributed by atoms with Gasteiger partial charge in [-0.3, -0.25) is 4.79 Å². The molecule has 5 heteroatoms. The lowest BCUT2D eigenvalue weighted by atomic mass is 9.54. The summed E-state index contributed by atoms with van der Waals surface area (Å²) in [6.45, 7) is 10.4. The molecule has 2 aliphatic carbocycles. The molecule has 0 aliphatic heterocycles. The van der Waals surface area contributed by atoms with Gasteiger partial charge in [0.05, 0.1) is 6.10 Å². The van der Waals surface area contributed by atoms with E-state index in [9.17, 15) is 4.79 Å². The van der Waals surface area contributed by atoms with Gasteiger partial charge in [0, 0.05) is 31.5 Å². The van der Waals surface area contributed by atoms with Gasteiger partial charge in [-0.15, -0.1) is 12.4 Å². The van der Waals surface area contributed by atoms with Crippen LogP contribution in [0.1, 0.15) is 47.0 Å². The molecule has 118 valence electrons. The monoisotopic (exact) mass is 304 g/mol. The van der Waals surface area contributed by atoms with Crippen molar-refractivity contribution in [2.24, 2.45) is 17.1 Å². The molecule has 2 fully saturated rings. The molecule has 0 aromatic heterocycles. The number of carbonyl (C=O) groups is 1. The lowest BCUT2D eigenvalue weighted by Crippen LogP contribution is -2.76. The predicted molar refractivity (Wildman–Crippen MR) is 83.0 cm³/mol. The highest BCUT2D eigenvalue weighted by Gasteiger charge is 2.63. The number of halogens is 1. The van der Waals surface area contributed by atoms with Crippen LogP contribution in [-0.2, 0) is 9.53 Å². The van der Waals surface area contributed by atoms with Gasteiger partial charge >= 0.3 is 0 Å². The van der Waals surface area contributed by atoms with Crippen LogP contribution in [0.5, 0.6) is 0 Å². The number of hydrogen-bond acceptors (Lipinski definition) is 3. The summed E-state index contributed by atoms with van der Waals surface area (Å²) in [5.74, 6) is 0.821. The van der Waals surface area contributed by atoms with Crippen LogP contribution in [0.15, 0.2) is 0 Å². The molecule has 2 saturated carbocycles. The highest BCUT2D eigenvalue weighted by molar-refractivity contribution is 5.89. The Balaban J connectivity index is 0.00000200. The molecule has 20 heavy (non-hydrogen) atoms. The fourth-order valence-corrected chi connectivity index (χ4v) is 3.05. The third-order valence-corrected chi connectivity index (χ3v) is 5.06. The summed E-state index contributed by atoms with van der Waals surface area (Å²) in [4.78, 5) is 14.7. The molecule has 2 atom stereocenters. The zero-order chi connectivity index (χ0) is 14.3. The number of nitrogens with zero attached hydrogens (tertiary/aromatic N) is 1. The van der Waals surface area contributed by atoms with Gasteiger partial charge < -0.3 is 15.4 Å². The second kappa shape index (κ2) is 6.20. The van der Waals surface area contributed by atoms with Gasteiger partial charge in [0.25, 0.3) is 0 Å². The summed E-state index contributed by atoms with van der Waals surface area (Å²) in [6.07, 6.45) is 3.26. The minimum Gasteiger partial charge on any atom is -0.378 e. The Morgan fingerprint density at radius 1 is 1.35 bits per heavy atom. The van der Waals surface area contributed by atoms with Crippen molar-refractivity contribution in [3.05, 3.63) is 0 Å². The maximum absolute atomic E-state index is 12.8. The molecule has 0 saturated heterocycles. The Kier molecular flexibility index (Phi) is 5.50. The van der Waals surface area contributed by atoms with Gasteiger partial charge in [0.15, 0.2) is 0 Å². The molecule has 0 spiro atoms. The second-order valence-corrected chi connectivity index (χ2v) is 6.63. The molecule has 1 amide bonds. The van der Waals surface area contributed by atoms with E-state index in [0.717, 1.165) is 13.1 Å². The van der Waals surface area contributed by atoms with Crippen LogP contribution in [0.25, 0.3) is 0 Å². The zero-order valence-corrected chi connectivity index (χ0v) is 14.0. The van der Waals surface area contributed by atoms with E-state index in [1.807, 2.05) is 18.7 Å². The Bertz CT molecular complexity index is 358. The first-order valence-corrected chi connectivity index (χ1v) is 7.56. The minimum atomic E-state index is -0.752. The molecule has 2 rings (SSSR count). The number of carbonyl (C=O) groups excluding carboxylic acids is 1. The highest BCUT2D eigenvalue weighted by atomic mass is 35.5. The van der Waals surface area contributed by atoms with Crippen LogP contribution in [-0.4, -0.2) is 42.1 Å². The molecule has 4 nitrogen and oxygen atoms in total. The van der Waals surface area contributed by atoms with E-state index in [-0.39, 0.29) is 29.8 Å². The number of rotatable bonds is 6. The van der Waals surface area contributed by atoms with Crippen LogP contribution < -0.4 is 5.73 Å². The lowest BCUT2D eigenvalue weighted by molar-refractivity contribution is -0.179. The molecule has 2 unspecified atom stereocenters. The summed E-state index contributed by atoms with van der Waals surface area (Å²) >= 11 is 0. The number of likely N-dealkylation sites (N-methyl/N-ethyl adjacent to an activating group) is 1. The first-order chi connectivity index (χ1) is 8.86. The number of nitrogens with two attached hydrogens (primary N) is 1. The Morgan fingerprint density at radius 2 is 1.95 bits per heavy atom. The second-order valence-electron chi connectivity index (χ2n) is 6.63. The van der Waals surface area contributed by atoms with Crippen LogP contribution >= 0.6 is 12.4 Å². The van der Waals surface area contributed by atoms with E-state index in [1.54, 1.807) is 0 Å². The van der Waals surface area contributed by atoms with Crippen molar-refractivity contribution in [1.29, 1.82) is 0 Å². The normalized spacial score (nSPS) is 31.1. The average Bonchev–Trinajstić information content (AvgIpc) is 3.18. The summed E-state index contributed by atoms with van der Waals surface area (Å²) in [7, 11) is 0. The van der Waals surface area contributed by atoms with Gasteiger partial charge in [-0.05, 0) is 32.6 Å². The fraction of sp³-hybridized carbons (Fsp3) is 0.933. The van der Waals surface area contributed by atoms with Crippen molar-refractivity contribution in [1.82, 2.24) is 4.90 Å². The van der Waals surface area contributed by atoms with Gasteiger partial charge in [-0.2, -0.15) is 0 Å². The third kappa shape index (κ3) is 2.83. The van der Waals surface area contributed by atoms with E-state index in [0.29, 0.717) is 18.9 Å². The maximum Gasteiger partial charge on any atom is 0.243 e. The standard InChI is InChI=1S/C15H28N2O2.ClH/c1-5-17(10-11-7-8-11)13(18)15(16)9-12(19-6-2)14(15,3)4;/h11-12H,5-10,16H2,1-4H3;1H. The smallest absolute Gasteiger partial charge is 0.243 e. The van der Waals surface area contributed by atoms with Gasteiger partial charge in [0.1, 0.15) is 5.54 Å². The SMILES string of the molecule is CCOC1CC(N)(C(=O)N(CC)CC2CC2)C1(C)C.Cl. The third-order valence-electron chi connectivity index (χ3n) is 5.06. The van der Waals surface area contributed by atoms with Crippen molar-refractivity contribution < 1.29 is 9.53 Å². The van der Waals surface area contributed by atoms with E-state index in [2.05, 4.69) is 13.8 Å². The zero-order valence-electron chi connectivity index (χ0n) is 13.1. The largest absolute Gasteiger partial charge is 0.378 e. The highest BCUT2D eigenvalue weighted by Crippen LogP contribution is 2.50. The van der Waals surface area contributed by atoms with E-state index < -0.39 is 5.54 Å². The molecular weight excluding hydrogens is 276 g/mol. The number of hydrogen-bond donors (Lipinski definition) is 1.